The van der Waals surface area contributed by atoms with Gasteiger partial charge in [-0.2, -0.15) is 5.26 Å². The minimum atomic E-state index is -0.492. The molecule has 0 aromatic heterocycles. The number of rotatable bonds is 2. The Morgan fingerprint density at radius 3 is 2.94 bits per heavy atom. The molecule has 1 aliphatic rings. The highest BCUT2D eigenvalue weighted by molar-refractivity contribution is 5.70. The molecule has 0 saturated carbocycles. The van der Waals surface area contributed by atoms with Crippen LogP contribution < -0.4 is 10.6 Å². The lowest BCUT2D eigenvalue weighted by molar-refractivity contribution is -0.384. The summed E-state index contributed by atoms with van der Waals surface area (Å²) in [6.07, 6.45) is 1.84. The highest BCUT2D eigenvalue weighted by atomic mass is 16.6. The van der Waals surface area contributed by atoms with Gasteiger partial charge in [-0.3, -0.25) is 10.1 Å². The number of nitrogens with two attached hydrogens (primary N) is 1. The molecule has 2 rings (SSSR count). The molecule has 2 N–H and O–H groups in total. The average Bonchev–Trinajstić information content (AvgIpc) is 2.37. The maximum Gasteiger partial charge on any atom is 0.310 e. The Balaban J connectivity index is 2.44. The first kappa shape index (κ1) is 12.3. The van der Waals surface area contributed by atoms with Crippen molar-refractivity contribution >= 4 is 11.4 Å². The van der Waals surface area contributed by atoms with Crippen molar-refractivity contribution in [2.24, 2.45) is 5.73 Å². The standard InChI is InChI=1S/C12H14N4O2/c13-7-9-3-1-5-11(12(9)16(17)18)15-6-2-4-10(14)8-15/h1,3,5,10H,2,4,6,8,14H2/t10-/m1/s1. The van der Waals surface area contributed by atoms with Gasteiger partial charge in [0.05, 0.1) is 4.92 Å². The molecule has 0 aliphatic carbocycles. The van der Waals surface area contributed by atoms with Gasteiger partial charge < -0.3 is 10.6 Å². The van der Waals surface area contributed by atoms with Gasteiger partial charge in [-0.25, -0.2) is 0 Å². The maximum absolute atomic E-state index is 11.1. The molecule has 94 valence electrons. The SMILES string of the molecule is N#Cc1cccc(N2CCC[C@@H](N)C2)c1[N+](=O)[O-]. The normalized spacial score (nSPS) is 19.3. The molecule has 0 radical (unpaired) electrons. The molecular weight excluding hydrogens is 232 g/mol. The maximum atomic E-state index is 11.1. The molecule has 18 heavy (non-hydrogen) atoms. The molecule has 1 atom stereocenters. The van der Waals surface area contributed by atoms with E-state index in [2.05, 4.69) is 0 Å². The van der Waals surface area contributed by atoms with Crippen LogP contribution in [-0.4, -0.2) is 24.1 Å². The second-order valence-corrected chi connectivity index (χ2v) is 4.39. The van der Waals surface area contributed by atoms with Crippen molar-refractivity contribution in [2.75, 3.05) is 18.0 Å². The number of anilines is 1. The van der Waals surface area contributed by atoms with Crippen LogP contribution in [0.15, 0.2) is 18.2 Å². The largest absolute Gasteiger partial charge is 0.364 e. The first-order valence-corrected chi connectivity index (χ1v) is 5.81. The summed E-state index contributed by atoms with van der Waals surface area (Å²) in [5.41, 5.74) is 6.35. The molecule has 0 spiro atoms. The van der Waals surface area contributed by atoms with Gasteiger partial charge in [0.15, 0.2) is 0 Å². The summed E-state index contributed by atoms with van der Waals surface area (Å²) in [5.74, 6) is 0. The molecule has 1 aromatic rings. The number of nitro groups is 1. The van der Waals surface area contributed by atoms with Gasteiger partial charge in [-0.1, -0.05) is 6.07 Å². The fourth-order valence-electron chi connectivity index (χ4n) is 2.30. The molecule has 1 aliphatic heterocycles. The number of hydrogen-bond acceptors (Lipinski definition) is 5. The van der Waals surface area contributed by atoms with Gasteiger partial charge in [0.25, 0.3) is 0 Å². The Labute approximate surface area is 105 Å². The zero-order valence-corrected chi connectivity index (χ0v) is 9.87. The van der Waals surface area contributed by atoms with Crippen LogP contribution in [0, 0.1) is 21.4 Å². The number of benzene rings is 1. The topological polar surface area (TPSA) is 96.2 Å². The Hall–Kier alpha value is -2.13. The van der Waals surface area contributed by atoms with Gasteiger partial charge >= 0.3 is 5.69 Å². The van der Waals surface area contributed by atoms with Crippen LogP contribution in [-0.2, 0) is 0 Å². The summed E-state index contributed by atoms with van der Waals surface area (Å²) in [4.78, 5) is 12.5. The molecule has 1 heterocycles. The first-order valence-electron chi connectivity index (χ1n) is 5.81. The van der Waals surface area contributed by atoms with Crippen molar-refractivity contribution in [2.45, 2.75) is 18.9 Å². The summed E-state index contributed by atoms with van der Waals surface area (Å²) in [6.45, 7) is 1.33. The van der Waals surface area contributed by atoms with E-state index in [-0.39, 0.29) is 17.3 Å². The Morgan fingerprint density at radius 1 is 1.56 bits per heavy atom. The molecule has 1 aromatic carbocycles. The van der Waals surface area contributed by atoms with Crippen molar-refractivity contribution in [1.82, 2.24) is 0 Å². The molecule has 0 amide bonds. The third-order valence-corrected chi connectivity index (χ3v) is 3.12. The van der Waals surface area contributed by atoms with E-state index < -0.39 is 4.92 Å². The molecule has 1 saturated heterocycles. The van der Waals surface area contributed by atoms with Gasteiger partial charge in [-0.05, 0) is 25.0 Å². The van der Waals surface area contributed by atoms with E-state index in [1.54, 1.807) is 12.1 Å². The van der Waals surface area contributed by atoms with Crippen LogP contribution in [0.1, 0.15) is 18.4 Å². The average molecular weight is 246 g/mol. The molecule has 6 nitrogen and oxygen atoms in total. The van der Waals surface area contributed by atoms with E-state index in [1.807, 2.05) is 11.0 Å². The smallest absolute Gasteiger partial charge is 0.310 e. The van der Waals surface area contributed by atoms with Gasteiger partial charge in [0.2, 0.25) is 0 Å². The number of piperidine rings is 1. The second-order valence-electron chi connectivity index (χ2n) is 4.39. The summed E-state index contributed by atoms with van der Waals surface area (Å²) < 4.78 is 0. The number of para-hydroxylation sites is 1. The van der Waals surface area contributed by atoms with E-state index in [0.717, 1.165) is 19.4 Å². The zero-order valence-electron chi connectivity index (χ0n) is 9.87. The lowest BCUT2D eigenvalue weighted by Crippen LogP contribution is -2.43. The van der Waals surface area contributed by atoms with E-state index in [1.165, 1.54) is 6.07 Å². The number of hydrogen-bond donors (Lipinski definition) is 1. The van der Waals surface area contributed by atoms with Crippen LogP contribution in [0.5, 0.6) is 0 Å². The van der Waals surface area contributed by atoms with Crippen LogP contribution in [0.4, 0.5) is 11.4 Å². The van der Waals surface area contributed by atoms with Crippen molar-refractivity contribution < 1.29 is 4.92 Å². The molecule has 0 bridgehead atoms. The van der Waals surface area contributed by atoms with Crippen molar-refractivity contribution in [1.29, 1.82) is 5.26 Å². The predicted octanol–water partition coefficient (Wildman–Crippen LogP) is 1.39. The van der Waals surface area contributed by atoms with Crippen LogP contribution in [0.2, 0.25) is 0 Å². The van der Waals surface area contributed by atoms with Crippen molar-refractivity contribution in [3.63, 3.8) is 0 Å². The third-order valence-electron chi connectivity index (χ3n) is 3.12. The summed E-state index contributed by atoms with van der Waals surface area (Å²) in [5, 5.41) is 20.1. The van der Waals surface area contributed by atoms with Crippen LogP contribution >= 0.6 is 0 Å². The van der Waals surface area contributed by atoms with Crippen LogP contribution in [0.3, 0.4) is 0 Å². The molecule has 1 fully saturated rings. The van der Waals surface area contributed by atoms with E-state index in [9.17, 15) is 10.1 Å². The van der Waals surface area contributed by atoms with Gasteiger partial charge in [0.1, 0.15) is 17.3 Å². The van der Waals surface area contributed by atoms with Crippen molar-refractivity contribution in [3.8, 4) is 6.07 Å². The number of nitro benzene ring substituents is 1. The quantitative estimate of drug-likeness (QED) is 0.628. The zero-order chi connectivity index (χ0) is 13.1. The van der Waals surface area contributed by atoms with Crippen LogP contribution in [0.25, 0.3) is 0 Å². The number of nitriles is 1. The number of nitrogens with zero attached hydrogens (tertiary/aromatic N) is 3. The molecule has 6 heteroatoms. The Kier molecular flexibility index (Phi) is 3.44. The predicted molar refractivity (Wildman–Crippen MR) is 67.2 cm³/mol. The Morgan fingerprint density at radius 2 is 2.33 bits per heavy atom. The minimum Gasteiger partial charge on any atom is -0.364 e. The second kappa shape index (κ2) is 5.02. The fourth-order valence-corrected chi connectivity index (χ4v) is 2.30. The van der Waals surface area contributed by atoms with E-state index in [4.69, 9.17) is 11.0 Å². The third kappa shape index (κ3) is 2.26. The van der Waals surface area contributed by atoms with Gasteiger partial charge in [0, 0.05) is 19.1 Å². The molecular formula is C12H14N4O2. The van der Waals surface area contributed by atoms with E-state index in [0.29, 0.717) is 12.2 Å². The fraction of sp³-hybridized carbons (Fsp3) is 0.417. The van der Waals surface area contributed by atoms with Gasteiger partial charge in [-0.15, -0.1) is 0 Å². The summed E-state index contributed by atoms with van der Waals surface area (Å²) in [7, 11) is 0. The summed E-state index contributed by atoms with van der Waals surface area (Å²) >= 11 is 0. The summed E-state index contributed by atoms with van der Waals surface area (Å²) in [6, 6.07) is 6.71. The molecule has 0 unspecified atom stereocenters. The lowest BCUT2D eigenvalue weighted by Gasteiger charge is -2.32. The minimum absolute atomic E-state index is 0.0316. The van der Waals surface area contributed by atoms with Crippen molar-refractivity contribution in [3.05, 3.63) is 33.9 Å². The lowest BCUT2D eigenvalue weighted by atomic mass is 10.0. The highest BCUT2D eigenvalue weighted by Crippen LogP contribution is 2.32. The monoisotopic (exact) mass is 246 g/mol. The Bertz CT molecular complexity index is 509. The highest BCUT2D eigenvalue weighted by Gasteiger charge is 2.26. The first-order chi connectivity index (χ1) is 8.63. The van der Waals surface area contributed by atoms with E-state index >= 15 is 0 Å².